The van der Waals surface area contributed by atoms with E-state index in [-0.39, 0.29) is 0 Å². The van der Waals surface area contributed by atoms with E-state index < -0.39 is 0 Å². The molecule has 0 aliphatic heterocycles. The Morgan fingerprint density at radius 3 is 3.07 bits per heavy atom. The van der Waals surface area contributed by atoms with Crippen molar-refractivity contribution in [2.24, 2.45) is 11.7 Å². The quantitative estimate of drug-likeness (QED) is 0.777. The standard InChI is InChI=1S/C11H19N3S/c1-8(11-14-6-7-15-11)13-5-4-10(12)9-2-3-9/h6-10,13H,2-5,12H2,1H3. The first-order chi connectivity index (χ1) is 7.27. The van der Waals surface area contributed by atoms with E-state index in [1.165, 1.54) is 12.8 Å². The van der Waals surface area contributed by atoms with Crippen LogP contribution in [-0.2, 0) is 0 Å². The highest BCUT2D eigenvalue weighted by atomic mass is 32.1. The van der Waals surface area contributed by atoms with Gasteiger partial charge in [0.25, 0.3) is 0 Å². The lowest BCUT2D eigenvalue weighted by Gasteiger charge is -2.14. The Morgan fingerprint density at radius 2 is 2.47 bits per heavy atom. The molecule has 0 spiro atoms. The minimum Gasteiger partial charge on any atom is -0.327 e. The number of hydrogen-bond donors (Lipinski definition) is 2. The molecule has 3 nitrogen and oxygen atoms in total. The summed E-state index contributed by atoms with van der Waals surface area (Å²) in [5.74, 6) is 0.807. The SMILES string of the molecule is CC(NCCC(N)C1CC1)c1nccs1. The van der Waals surface area contributed by atoms with Crippen LogP contribution in [0.5, 0.6) is 0 Å². The van der Waals surface area contributed by atoms with Gasteiger partial charge >= 0.3 is 0 Å². The second kappa shape index (κ2) is 5.05. The van der Waals surface area contributed by atoms with Crippen LogP contribution in [0.15, 0.2) is 11.6 Å². The molecule has 1 aromatic rings. The molecule has 3 N–H and O–H groups in total. The van der Waals surface area contributed by atoms with Crippen LogP contribution in [0.2, 0.25) is 0 Å². The number of hydrogen-bond acceptors (Lipinski definition) is 4. The molecule has 2 rings (SSSR count). The summed E-state index contributed by atoms with van der Waals surface area (Å²) in [5.41, 5.74) is 6.03. The van der Waals surface area contributed by atoms with Gasteiger partial charge in [0.15, 0.2) is 0 Å². The van der Waals surface area contributed by atoms with Crippen molar-refractivity contribution in [1.82, 2.24) is 10.3 Å². The van der Waals surface area contributed by atoms with Gasteiger partial charge in [0.05, 0.1) is 6.04 Å². The van der Waals surface area contributed by atoms with E-state index in [4.69, 9.17) is 5.73 Å². The number of aromatic nitrogens is 1. The Kier molecular flexibility index (Phi) is 3.72. The highest BCUT2D eigenvalue weighted by Gasteiger charge is 2.27. The molecule has 2 atom stereocenters. The molecule has 15 heavy (non-hydrogen) atoms. The highest BCUT2D eigenvalue weighted by molar-refractivity contribution is 7.09. The van der Waals surface area contributed by atoms with Gasteiger partial charge in [0.1, 0.15) is 5.01 Å². The first kappa shape index (κ1) is 11.0. The van der Waals surface area contributed by atoms with Gasteiger partial charge in [-0.1, -0.05) is 0 Å². The zero-order valence-corrected chi connectivity index (χ0v) is 9.96. The van der Waals surface area contributed by atoms with Crippen molar-refractivity contribution < 1.29 is 0 Å². The van der Waals surface area contributed by atoms with Gasteiger partial charge in [0, 0.05) is 17.6 Å². The monoisotopic (exact) mass is 225 g/mol. The van der Waals surface area contributed by atoms with E-state index in [1.54, 1.807) is 11.3 Å². The summed E-state index contributed by atoms with van der Waals surface area (Å²) >= 11 is 1.70. The second-order valence-electron chi connectivity index (χ2n) is 4.34. The molecule has 1 aromatic heterocycles. The lowest BCUT2D eigenvalue weighted by Crippen LogP contribution is -2.29. The van der Waals surface area contributed by atoms with E-state index in [1.807, 2.05) is 11.6 Å². The molecule has 1 aliphatic carbocycles. The van der Waals surface area contributed by atoms with Crippen LogP contribution in [0.4, 0.5) is 0 Å². The Balaban J connectivity index is 1.64. The van der Waals surface area contributed by atoms with Crippen molar-refractivity contribution in [2.45, 2.75) is 38.3 Å². The Labute approximate surface area is 95.1 Å². The number of thiazole rings is 1. The molecule has 0 radical (unpaired) electrons. The molecule has 0 amide bonds. The van der Waals surface area contributed by atoms with Gasteiger partial charge < -0.3 is 11.1 Å². The maximum atomic E-state index is 6.03. The lowest BCUT2D eigenvalue weighted by molar-refractivity contribution is 0.486. The van der Waals surface area contributed by atoms with Crippen LogP contribution in [-0.4, -0.2) is 17.6 Å². The molecule has 0 saturated heterocycles. The molecular formula is C11H19N3S. The summed E-state index contributed by atoms with van der Waals surface area (Å²) in [6.45, 7) is 3.15. The van der Waals surface area contributed by atoms with Crippen LogP contribution >= 0.6 is 11.3 Å². The van der Waals surface area contributed by atoms with Gasteiger partial charge in [-0.15, -0.1) is 11.3 Å². The average Bonchev–Trinajstić information content (AvgIpc) is 2.93. The molecule has 2 unspecified atom stereocenters. The fourth-order valence-electron chi connectivity index (χ4n) is 1.76. The third-order valence-corrected chi connectivity index (χ3v) is 3.94. The molecule has 1 heterocycles. The fraction of sp³-hybridized carbons (Fsp3) is 0.727. The van der Waals surface area contributed by atoms with Crippen LogP contribution in [0, 0.1) is 5.92 Å². The minimum absolute atomic E-state index is 0.358. The van der Waals surface area contributed by atoms with Crippen molar-refractivity contribution >= 4 is 11.3 Å². The van der Waals surface area contributed by atoms with Crippen molar-refractivity contribution in [3.05, 3.63) is 16.6 Å². The number of nitrogens with zero attached hydrogens (tertiary/aromatic N) is 1. The van der Waals surface area contributed by atoms with Gasteiger partial charge in [-0.2, -0.15) is 0 Å². The largest absolute Gasteiger partial charge is 0.327 e. The third kappa shape index (κ3) is 3.26. The van der Waals surface area contributed by atoms with Crippen LogP contribution in [0.3, 0.4) is 0 Å². The van der Waals surface area contributed by atoms with Gasteiger partial charge in [-0.3, -0.25) is 0 Å². The summed E-state index contributed by atoms with van der Waals surface area (Å²) < 4.78 is 0. The fourth-order valence-corrected chi connectivity index (χ4v) is 2.43. The van der Waals surface area contributed by atoms with E-state index in [9.17, 15) is 0 Å². The van der Waals surface area contributed by atoms with E-state index in [0.29, 0.717) is 12.1 Å². The predicted octanol–water partition coefficient (Wildman–Crippen LogP) is 1.92. The highest BCUT2D eigenvalue weighted by Crippen LogP contribution is 2.32. The maximum absolute atomic E-state index is 6.03. The zero-order chi connectivity index (χ0) is 10.7. The number of nitrogens with one attached hydrogen (secondary N) is 1. The predicted molar refractivity (Wildman–Crippen MR) is 63.8 cm³/mol. The minimum atomic E-state index is 0.358. The number of nitrogens with two attached hydrogens (primary N) is 1. The first-order valence-corrected chi connectivity index (χ1v) is 6.53. The molecule has 4 heteroatoms. The van der Waals surface area contributed by atoms with Crippen molar-refractivity contribution in [3.8, 4) is 0 Å². The molecular weight excluding hydrogens is 206 g/mol. The molecule has 0 aromatic carbocycles. The van der Waals surface area contributed by atoms with E-state index in [2.05, 4.69) is 17.2 Å². The van der Waals surface area contributed by atoms with Gasteiger partial charge in [0.2, 0.25) is 0 Å². The molecule has 84 valence electrons. The van der Waals surface area contributed by atoms with Crippen molar-refractivity contribution in [2.75, 3.05) is 6.54 Å². The third-order valence-electron chi connectivity index (χ3n) is 2.98. The van der Waals surface area contributed by atoms with Crippen molar-refractivity contribution in [3.63, 3.8) is 0 Å². The lowest BCUT2D eigenvalue weighted by atomic mass is 10.1. The molecule has 1 saturated carbocycles. The number of rotatable bonds is 6. The Hall–Kier alpha value is -0.450. The summed E-state index contributed by atoms with van der Waals surface area (Å²) in [4.78, 5) is 4.29. The molecule has 1 fully saturated rings. The molecule has 1 aliphatic rings. The molecule has 0 bridgehead atoms. The van der Waals surface area contributed by atoms with Crippen LogP contribution < -0.4 is 11.1 Å². The normalized spacial score (nSPS) is 20.1. The van der Waals surface area contributed by atoms with Gasteiger partial charge in [-0.25, -0.2) is 4.98 Å². The van der Waals surface area contributed by atoms with E-state index in [0.717, 1.165) is 23.9 Å². The summed E-state index contributed by atoms with van der Waals surface area (Å²) in [6, 6.07) is 0.761. The first-order valence-electron chi connectivity index (χ1n) is 5.65. The summed E-state index contributed by atoms with van der Waals surface area (Å²) in [7, 11) is 0. The smallest absolute Gasteiger partial charge is 0.109 e. The van der Waals surface area contributed by atoms with Crippen LogP contribution in [0.1, 0.15) is 37.2 Å². The van der Waals surface area contributed by atoms with Gasteiger partial charge in [-0.05, 0) is 38.6 Å². The Bertz CT molecular complexity index is 282. The second-order valence-corrected chi connectivity index (χ2v) is 5.26. The van der Waals surface area contributed by atoms with Crippen LogP contribution in [0.25, 0.3) is 0 Å². The Morgan fingerprint density at radius 1 is 1.67 bits per heavy atom. The summed E-state index contributed by atoms with van der Waals surface area (Å²) in [6.07, 6.45) is 5.61. The topological polar surface area (TPSA) is 50.9 Å². The average molecular weight is 225 g/mol. The van der Waals surface area contributed by atoms with E-state index >= 15 is 0 Å². The van der Waals surface area contributed by atoms with Crippen molar-refractivity contribution in [1.29, 1.82) is 0 Å². The maximum Gasteiger partial charge on any atom is 0.109 e. The zero-order valence-electron chi connectivity index (χ0n) is 9.15. The summed E-state index contributed by atoms with van der Waals surface area (Å²) in [5, 5.41) is 6.65.